The smallest absolute Gasteiger partial charge is 0.254 e. The summed E-state index contributed by atoms with van der Waals surface area (Å²) in [5.41, 5.74) is 7.03. The first-order valence-electron chi connectivity index (χ1n) is 10.9. The van der Waals surface area contributed by atoms with Crippen molar-refractivity contribution in [3.05, 3.63) is 64.4 Å². The monoisotopic (exact) mass is 510 g/mol. The largest absolute Gasteiger partial charge is 0.438 e. The second-order valence-corrected chi connectivity index (χ2v) is 9.17. The number of hydrogen-bond donors (Lipinski definition) is 2. The minimum atomic E-state index is -0.524. The van der Waals surface area contributed by atoms with E-state index in [1.54, 1.807) is 12.4 Å². The van der Waals surface area contributed by atoms with E-state index in [1.807, 2.05) is 55.4 Å². The number of anilines is 2. The van der Waals surface area contributed by atoms with Gasteiger partial charge in [-0.15, -0.1) is 0 Å². The predicted molar refractivity (Wildman–Crippen MR) is 132 cm³/mol. The Morgan fingerprint density at radius 1 is 1.12 bits per heavy atom. The Balaban J connectivity index is 1.47. The first-order valence-corrected chi connectivity index (χ1v) is 11.7. The van der Waals surface area contributed by atoms with Crippen LogP contribution in [0, 0.1) is 0 Å². The molecule has 0 bridgehead atoms. The maximum absolute atomic E-state index is 12.4. The van der Waals surface area contributed by atoms with Crippen LogP contribution in [0.3, 0.4) is 0 Å². The highest BCUT2D eigenvalue weighted by Gasteiger charge is 2.28. The zero-order valence-corrected chi connectivity index (χ0v) is 20.2. The van der Waals surface area contributed by atoms with Crippen molar-refractivity contribution >= 4 is 33.6 Å². The van der Waals surface area contributed by atoms with Crippen LogP contribution in [-0.4, -0.2) is 41.0 Å². The van der Waals surface area contributed by atoms with Crippen LogP contribution in [0.15, 0.2) is 53.3 Å². The fraction of sp³-hybridized carbons (Fsp3) is 0.333. The molecule has 0 spiro atoms. The van der Waals surface area contributed by atoms with Gasteiger partial charge in [-0.3, -0.25) is 4.79 Å². The van der Waals surface area contributed by atoms with Crippen LogP contribution in [0.4, 0.5) is 11.8 Å². The quantitative estimate of drug-likeness (QED) is 0.473. The van der Waals surface area contributed by atoms with Crippen molar-refractivity contribution in [2.45, 2.75) is 37.6 Å². The van der Waals surface area contributed by atoms with Crippen LogP contribution in [0.5, 0.6) is 11.6 Å². The molecule has 2 heterocycles. The molecule has 0 atom stereocenters. The van der Waals surface area contributed by atoms with E-state index in [2.05, 4.69) is 36.2 Å². The summed E-state index contributed by atoms with van der Waals surface area (Å²) in [5.74, 6) is 1.99. The van der Waals surface area contributed by atoms with Gasteiger partial charge < -0.3 is 20.7 Å². The van der Waals surface area contributed by atoms with Gasteiger partial charge in [-0.05, 0) is 71.3 Å². The number of nitrogens with zero attached hydrogens (tertiary/aromatic N) is 4. The Kier molecular flexibility index (Phi) is 7.08. The van der Waals surface area contributed by atoms with Crippen molar-refractivity contribution in [3.8, 4) is 11.6 Å². The molecule has 1 amide bonds. The molecule has 172 valence electrons. The lowest BCUT2D eigenvalue weighted by Crippen LogP contribution is -2.28. The van der Waals surface area contributed by atoms with Gasteiger partial charge in [0.1, 0.15) is 17.1 Å². The standard InChI is InChI=1S/C24H27BrN6O2/c1-31(2)22-19(25)14-28-24(30-22)29-16-10-8-15(9-11-16)18-12-13-27-23(20(18)21(26)32)33-17-6-4-3-5-7-17/h3-7,12-16H,8-11H2,1-2H3,(H2,26,32)(H,28,29,30). The topological polar surface area (TPSA) is 106 Å². The van der Waals surface area contributed by atoms with E-state index in [-0.39, 0.29) is 17.8 Å². The number of halogens is 1. The molecule has 1 saturated carbocycles. The third kappa shape index (κ3) is 5.42. The molecule has 1 aliphatic rings. The highest BCUT2D eigenvalue weighted by Crippen LogP contribution is 2.38. The number of para-hydroxylation sites is 1. The average molecular weight is 511 g/mol. The number of amides is 1. The van der Waals surface area contributed by atoms with Crippen LogP contribution in [0.1, 0.15) is 47.5 Å². The van der Waals surface area contributed by atoms with Crippen molar-refractivity contribution in [3.63, 3.8) is 0 Å². The SMILES string of the molecule is CN(C)c1nc(NC2CCC(c3ccnc(Oc4ccccc4)c3C(N)=O)CC2)ncc1Br. The molecule has 9 heteroatoms. The minimum Gasteiger partial charge on any atom is -0.438 e. The summed E-state index contributed by atoms with van der Waals surface area (Å²) in [4.78, 5) is 27.6. The fourth-order valence-electron chi connectivity index (χ4n) is 4.19. The maximum atomic E-state index is 12.4. The first-order chi connectivity index (χ1) is 15.9. The normalized spacial score (nSPS) is 17.9. The van der Waals surface area contributed by atoms with Crippen molar-refractivity contribution in [2.75, 3.05) is 24.3 Å². The summed E-state index contributed by atoms with van der Waals surface area (Å²) in [5, 5.41) is 3.46. The van der Waals surface area contributed by atoms with Crippen molar-refractivity contribution in [1.29, 1.82) is 0 Å². The second-order valence-electron chi connectivity index (χ2n) is 8.31. The lowest BCUT2D eigenvalue weighted by molar-refractivity contribution is 0.0995. The molecule has 2 aromatic heterocycles. The lowest BCUT2D eigenvalue weighted by Gasteiger charge is -2.30. The Morgan fingerprint density at radius 3 is 2.52 bits per heavy atom. The second kappa shape index (κ2) is 10.2. The molecule has 4 rings (SSSR count). The number of carbonyl (C=O) groups excluding carboxylic acids is 1. The van der Waals surface area contributed by atoms with Gasteiger partial charge in [0.2, 0.25) is 11.8 Å². The van der Waals surface area contributed by atoms with E-state index in [4.69, 9.17) is 10.5 Å². The summed E-state index contributed by atoms with van der Waals surface area (Å²) in [6.45, 7) is 0. The molecule has 0 unspecified atom stereocenters. The first kappa shape index (κ1) is 23.0. The third-order valence-electron chi connectivity index (χ3n) is 5.80. The number of hydrogen-bond acceptors (Lipinski definition) is 7. The average Bonchev–Trinajstić information content (AvgIpc) is 2.81. The van der Waals surface area contributed by atoms with E-state index in [9.17, 15) is 4.79 Å². The summed E-state index contributed by atoms with van der Waals surface area (Å²) >= 11 is 3.49. The number of nitrogens with one attached hydrogen (secondary N) is 1. The van der Waals surface area contributed by atoms with Crippen LogP contribution >= 0.6 is 15.9 Å². The van der Waals surface area contributed by atoms with Gasteiger partial charge in [-0.25, -0.2) is 9.97 Å². The van der Waals surface area contributed by atoms with Crippen LogP contribution in [0.25, 0.3) is 0 Å². The van der Waals surface area contributed by atoms with Gasteiger partial charge >= 0.3 is 0 Å². The molecule has 0 saturated heterocycles. The van der Waals surface area contributed by atoms with Gasteiger partial charge in [0, 0.05) is 32.5 Å². The van der Waals surface area contributed by atoms with Crippen molar-refractivity contribution in [1.82, 2.24) is 15.0 Å². The number of primary amides is 1. The van der Waals surface area contributed by atoms with E-state index >= 15 is 0 Å². The van der Waals surface area contributed by atoms with Crippen LogP contribution in [0.2, 0.25) is 0 Å². The number of aromatic nitrogens is 3. The molecular weight excluding hydrogens is 484 g/mol. The fourth-order valence-corrected chi connectivity index (χ4v) is 4.74. The number of pyridine rings is 1. The Bertz CT molecular complexity index is 1120. The van der Waals surface area contributed by atoms with Gasteiger partial charge in [0.25, 0.3) is 5.91 Å². The van der Waals surface area contributed by atoms with Crippen molar-refractivity contribution in [2.24, 2.45) is 5.73 Å². The van der Waals surface area contributed by atoms with Gasteiger partial charge in [-0.2, -0.15) is 4.98 Å². The zero-order chi connectivity index (χ0) is 23.4. The highest BCUT2D eigenvalue weighted by molar-refractivity contribution is 9.10. The summed E-state index contributed by atoms with van der Waals surface area (Å²) in [6.07, 6.45) is 7.12. The van der Waals surface area contributed by atoms with E-state index < -0.39 is 5.91 Å². The predicted octanol–water partition coefficient (Wildman–Crippen LogP) is 4.73. The lowest BCUT2D eigenvalue weighted by atomic mass is 9.80. The van der Waals surface area contributed by atoms with Gasteiger partial charge in [0.15, 0.2) is 0 Å². The van der Waals surface area contributed by atoms with Gasteiger partial charge in [-0.1, -0.05) is 18.2 Å². The molecule has 0 radical (unpaired) electrons. The molecule has 1 aliphatic carbocycles. The molecule has 33 heavy (non-hydrogen) atoms. The number of nitrogens with two attached hydrogens (primary N) is 1. The Labute approximate surface area is 201 Å². The molecule has 1 aromatic carbocycles. The minimum absolute atomic E-state index is 0.204. The number of carbonyl (C=O) groups is 1. The molecule has 0 aliphatic heterocycles. The highest BCUT2D eigenvalue weighted by atomic mass is 79.9. The van der Waals surface area contributed by atoms with Crippen LogP contribution in [-0.2, 0) is 0 Å². The summed E-state index contributed by atoms with van der Waals surface area (Å²) in [7, 11) is 3.89. The molecular formula is C24H27BrN6O2. The number of ether oxygens (including phenoxy) is 1. The van der Waals surface area contributed by atoms with Gasteiger partial charge in [0.05, 0.1) is 4.47 Å². The maximum Gasteiger partial charge on any atom is 0.254 e. The Morgan fingerprint density at radius 2 is 1.85 bits per heavy atom. The number of rotatable bonds is 7. The number of benzene rings is 1. The van der Waals surface area contributed by atoms with E-state index in [1.165, 1.54) is 0 Å². The van der Waals surface area contributed by atoms with E-state index in [0.29, 0.717) is 17.3 Å². The molecule has 1 fully saturated rings. The summed E-state index contributed by atoms with van der Waals surface area (Å²) in [6, 6.07) is 11.4. The van der Waals surface area contributed by atoms with Crippen LogP contribution < -0.4 is 20.7 Å². The molecule has 3 aromatic rings. The summed E-state index contributed by atoms with van der Waals surface area (Å²) < 4.78 is 6.75. The van der Waals surface area contributed by atoms with Crippen molar-refractivity contribution < 1.29 is 9.53 Å². The Hall–Kier alpha value is -3.20. The zero-order valence-electron chi connectivity index (χ0n) is 18.7. The molecule has 8 nitrogen and oxygen atoms in total. The molecule has 3 N–H and O–H groups in total. The third-order valence-corrected chi connectivity index (χ3v) is 6.36. The van der Waals surface area contributed by atoms with E-state index in [0.717, 1.165) is 41.5 Å².